The number of aliphatic imine (C=N–C) groups is 1. The molecule has 2 aromatic rings. The van der Waals surface area contributed by atoms with Gasteiger partial charge in [-0.3, -0.25) is 24.2 Å². The number of nitrogens with two attached hydrogens (primary N) is 2. The highest BCUT2D eigenvalue weighted by Crippen LogP contribution is 2.57. The first-order valence-corrected chi connectivity index (χ1v) is 18.5. The molecule has 13 heteroatoms. The summed E-state index contributed by atoms with van der Waals surface area (Å²) in [7, 11) is 3.28. The first-order valence-electron chi connectivity index (χ1n) is 18.5. The van der Waals surface area contributed by atoms with Crippen molar-refractivity contribution in [2.24, 2.45) is 34.2 Å². The smallest absolute Gasteiger partial charge is 0.308 e. The topological polar surface area (TPSA) is 201 Å². The van der Waals surface area contributed by atoms with Crippen LogP contribution in [0, 0.1) is 17.8 Å². The minimum absolute atomic E-state index is 0.0614. The zero-order valence-electron chi connectivity index (χ0n) is 30.4. The second kappa shape index (κ2) is 17.7. The summed E-state index contributed by atoms with van der Waals surface area (Å²) < 4.78 is 6.17. The summed E-state index contributed by atoms with van der Waals surface area (Å²) in [6.07, 6.45) is 7.77. The van der Waals surface area contributed by atoms with Crippen LogP contribution in [0.5, 0.6) is 5.75 Å². The van der Waals surface area contributed by atoms with Gasteiger partial charge in [-0.15, -0.1) is 0 Å². The summed E-state index contributed by atoms with van der Waals surface area (Å²) in [5.74, 6) is 0.408. The van der Waals surface area contributed by atoms with Crippen LogP contribution >= 0.6 is 0 Å². The van der Waals surface area contributed by atoms with Crippen molar-refractivity contribution in [1.29, 1.82) is 0 Å². The number of hydrogen-bond acceptors (Lipinski definition) is 8. The van der Waals surface area contributed by atoms with E-state index >= 15 is 0 Å². The number of phenols is 1. The molecule has 8 N–H and O–H groups in total. The molecule has 3 amide bonds. The van der Waals surface area contributed by atoms with Gasteiger partial charge in [0, 0.05) is 26.6 Å². The van der Waals surface area contributed by atoms with Crippen molar-refractivity contribution in [1.82, 2.24) is 20.9 Å². The Labute approximate surface area is 306 Å². The lowest BCUT2D eigenvalue weighted by Gasteiger charge is -2.55. The number of carbonyl (C=O) groups excluding carboxylic acids is 4. The van der Waals surface area contributed by atoms with Crippen molar-refractivity contribution in [2.75, 3.05) is 27.2 Å². The van der Waals surface area contributed by atoms with Crippen molar-refractivity contribution in [3.63, 3.8) is 0 Å². The van der Waals surface area contributed by atoms with Crippen LogP contribution in [0.2, 0.25) is 0 Å². The number of likely N-dealkylation sites (N-methyl/N-ethyl adjacent to an activating group) is 2. The minimum Gasteiger partial charge on any atom is -0.508 e. The van der Waals surface area contributed by atoms with Crippen molar-refractivity contribution in [2.45, 2.75) is 94.4 Å². The Hall–Kier alpha value is -4.65. The molecule has 4 bridgehead atoms. The van der Waals surface area contributed by atoms with Gasteiger partial charge in [0.05, 0.1) is 12.5 Å². The van der Waals surface area contributed by atoms with Crippen LogP contribution in [0.3, 0.4) is 0 Å². The van der Waals surface area contributed by atoms with E-state index in [0.29, 0.717) is 30.6 Å². The highest BCUT2D eigenvalue weighted by atomic mass is 16.6. The molecule has 4 fully saturated rings. The number of phenolic OH excluding ortho intramolecular Hbond substituents is 1. The van der Waals surface area contributed by atoms with Crippen LogP contribution in [0.1, 0.15) is 68.9 Å². The van der Waals surface area contributed by atoms with Crippen LogP contribution in [0.15, 0.2) is 59.6 Å². The number of nitrogens with one attached hydrogen (secondary N) is 3. The summed E-state index contributed by atoms with van der Waals surface area (Å²) >= 11 is 0. The van der Waals surface area contributed by atoms with E-state index in [1.54, 1.807) is 38.4 Å². The maximum absolute atomic E-state index is 14.0. The molecule has 0 saturated heterocycles. The standard InChI is InChI=1S/C39H55N7O6/c1-42-32(20-26-10-12-30(47)13-11-26)36(50)44-31(9-6-15-43-38(40)41)35(49)45-33(21-25-7-4-3-5-8-25)37(51)46(2)16-14-34(48)52-39-22-27-17-28(23-39)19-29(18-27)24-39/h3-5,7-8,10-13,27-29,31-33,42,47H,6,9,14-24H2,1-2H3,(H,44,50)(H,45,49)(H4,40,41,43)/t27?,28?,29?,31-,32+,33+,39?/m1/s1. The number of esters is 1. The van der Waals surface area contributed by atoms with Gasteiger partial charge in [0.2, 0.25) is 17.7 Å². The number of ether oxygens (including phenoxy) is 1. The van der Waals surface area contributed by atoms with Crippen molar-refractivity contribution in [3.05, 3.63) is 65.7 Å². The molecular formula is C39H55N7O6. The minimum atomic E-state index is -0.996. The highest BCUT2D eigenvalue weighted by Gasteiger charge is 2.53. The highest BCUT2D eigenvalue weighted by molar-refractivity contribution is 5.93. The Kier molecular flexibility index (Phi) is 13.1. The number of rotatable bonds is 18. The molecule has 0 radical (unpaired) electrons. The number of nitrogens with zero attached hydrogens (tertiary/aromatic N) is 2. The largest absolute Gasteiger partial charge is 0.508 e. The second-order valence-electron chi connectivity index (χ2n) is 15.1. The fourth-order valence-corrected chi connectivity index (χ4v) is 8.64. The maximum atomic E-state index is 14.0. The van der Waals surface area contributed by atoms with E-state index in [4.69, 9.17) is 16.2 Å². The molecule has 4 saturated carbocycles. The number of aromatic hydroxyl groups is 1. The van der Waals surface area contributed by atoms with E-state index in [1.807, 2.05) is 30.3 Å². The first-order chi connectivity index (χ1) is 24.9. The van der Waals surface area contributed by atoms with Gasteiger partial charge in [0.1, 0.15) is 23.4 Å². The molecular weight excluding hydrogens is 662 g/mol. The Balaban J connectivity index is 1.24. The molecule has 0 aliphatic heterocycles. The summed E-state index contributed by atoms with van der Waals surface area (Å²) in [5, 5.41) is 18.4. The lowest BCUT2D eigenvalue weighted by molar-refractivity contribution is -0.186. The predicted molar refractivity (Wildman–Crippen MR) is 198 cm³/mol. The molecule has 282 valence electrons. The fraction of sp³-hybridized carbons (Fsp3) is 0.564. The van der Waals surface area contributed by atoms with Crippen LogP contribution in [0.25, 0.3) is 0 Å². The zero-order chi connectivity index (χ0) is 37.3. The quantitative estimate of drug-likeness (QED) is 0.0579. The average Bonchev–Trinajstić information content (AvgIpc) is 3.10. The van der Waals surface area contributed by atoms with E-state index < -0.39 is 29.9 Å². The van der Waals surface area contributed by atoms with Crippen LogP contribution in [-0.4, -0.2) is 90.6 Å². The third kappa shape index (κ3) is 10.7. The number of carbonyl (C=O) groups is 4. The molecule has 4 aliphatic rings. The zero-order valence-corrected chi connectivity index (χ0v) is 30.4. The first kappa shape index (κ1) is 38.6. The SMILES string of the molecule is CN[C@@H](Cc1ccc(O)cc1)C(=O)N[C@H](CCCN=C(N)N)C(=O)N[C@@H](Cc1ccccc1)C(=O)N(C)CCC(=O)OC12CC3CC(CC(C3)C1)C2. The van der Waals surface area contributed by atoms with Crippen molar-refractivity contribution >= 4 is 29.7 Å². The van der Waals surface area contributed by atoms with E-state index in [2.05, 4.69) is 20.9 Å². The van der Waals surface area contributed by atoms with Gasteiger partial charge in [-0.2, -0.15) is 0 Å². The number of guanidine groups is 1. The summed E-state index contributed by atoms with van der Waals surface area (Å²) in [6.45, 7) is 0.393. The van der Waals surface area contributed by atoms with Gasteiger partial charge >= 0.3 is 5.97 Å². The molecule has 0 unspecified atom stereocenters. The molecule has 13 nitrogen and oxygen atoms in total. The van der Waals surface area contributed by atoms with Crippen LogP contribution in [0.4, 0.5) is 0 Å². The Morgan fingerprint density at radius 2 is 1.42 bits per heavy atom. The Bertz CT molecular complexity index is 1530. The van der Waals surface area contributed by atoms with Crippen molar-refractivity contribution < 1.29 is 29.0 Å². The maximum Gasteiger partial charge on any atom is 0.308 e. The molecule has 6 rings (SSSR count). The van der Waals surface area contributed by atoms with Crippen LogP contribution in [-0.2, 0) is 36.8 Å². The fourth-order valence-electron chi connectivity index (χ4n) is 8.64. The normalized spacial score (nSPS) is 23.2. The second-order valence-corrected chi connectivity index (χ2v) is 15.1. The number of amides is 3. The van der Waals surface area contributed by atoms with Gasteiger partial charge < -0.3 is 42.2 Å². The number of benzene rings is 2. The monoisotopic (exact) mass is 717 g/mol. The average molecular weight is 718 g/mol. The molecule has 3 atom stereocenters. The van der Waals surface area contributed by atoms with E-state index in [-0.39, 0.29) is 61.5 Å². The van der Waals surface area contributed by atoms with Crippen molar-refractivity contribution in [3.8, 4) is 5.75 Å². The molecule has 4 aliphatic carbocycles. The van der Waals surface area contributed by atoms with Gasteiger partial charge in [0.15, 0.2) is 5.96 Å². The van der Waals surface area contributed by atoms with Gasteiger partial charge in [-0.05, 0) is 106 Å². The van der Waals surface area contributed by atoms with Crippen LogP contribution < -0.4 is 27.4 Å². The summed E-state index contributed by atoms with van der Waals surface area (Å²) in [6, 6.07) is 13.3. The number of hydrogen-bond donors (Lipinski definition) is 6. The third-order valence-electron chi connectivity index (χ3n) is 10.9. The molecule has 52 heavy (non-hydrogen) atoms. The van der Waals surface area contributed by atoms with Gasteiger partial charge in [-0.25, -0.2) is 0 Å². The lowest BCUT2D eigenvalue weighted by atomic mass is 9.54. The van der Waals surface area contributed by atoms with E-state index in [9.17, 15) is 24.3 Å². The lowest BCUT2D eigenvalue weighted by Crippen LogP contribution is -2.57. The summed E-state index contributed by atoms with van der Waals surface area (Å²) in [5.41, 5.74) is 12.3. The molecule has 2 aromatic carbocycles. The third-order valence-corrected chi connectivity index (χ3v) is 10.9. The Morgan fingerprint density at radius 1 is 0.865 bits per heavy atom. The van der Waals surface area contributed by atoms with E-state index in [0.717, 1.165) is 30.4 Å². The van der Waals surface area contributed by atoms with Gasteiger partial charge in [0.25, 0.3) is 0 Å². The van der Waals surface area contributed by atoms with E-state index in [1.165, 1.54) is 24.2 Å². The molecule has 0 heterocycles. The molecule has 0 aromatic heterocycles. The summed E-state index contributed by atoms with van der Waals surface area (Å²) in [4.78, 5) is 60.1. The Morgan fingerprint density at radius 3 is 2.02 bits per heavy atom. The van der Waals surface area contributed by atoms with Gasteiger partial charge in [-0.1, -0.05) is 42.5 Å². The predicted octanol–water partition coefficient (Wildman–Crippen LogP) is 2.15. The molecule has 0 spiro atoms.